The Hall–Kier alpha value is -3.53. The lowest BCUT2D eigenvalue weighted by molar-refractivity contribution is -0.121. The standard InChI is InChI=1S/C22H24N6O3S/c1-4-13-23-21(29)14(2)24-22-25-18-8-6-5-7-17(18)20-26-19(27-28(20)22)15-9-11-16(12-10-15)32(3,30)31/h5-12,14H,4,13H2,1-3H3,(H,23,29)(H,24,25)/t14-/m0/s1/i1D. The predicted molar refractivity (Wildman–Crippen MR) is 123 cm³/mol. The van der Waals surface area contributed by atoms with Gasteiger partial charge in [0.05, 0.1) is 10.4 Å². The van der Waals surface area contributed by atoms with Crippen LogP contribution in [-0.2, 0) is 14.6 Å². The van der Waals surface area contributed by atoms with E-state index in [1.165, 1.54) is 12.1 Å². The van der Waals surface area contributed by atoms with Crippen molar-refractivity contribution in [2.75, 3.05) is 18.1 Å². The molecule has 0 saturated heterocycles. The van der Waals surface area contributed by atoms with Crippen LogP contribution in [0.5, 0.6) is 0 Å². The summed E-state index contributed by atoms with van der Waals surface area (Å²) in [7, 11) is -3.31. The van der Waals surface area contributed by atoms with Crippen LogP contribution in [0.3, 0.4) is 0 Å². The molecule has 0 aliphatic carbocycles. The molecule has 2 N–H and O–H groups in total. The first kappa shape index (κ1) is 20.4. The lowest BCUT2D eigenvalue weighted by Gasteiger charge is -2.15. The number of hydrogen-bond donors (Lipinski definition) is 2. The van der Waals surface area contributed by atoms with Gasteiger partial charge >= 0.3 is 0 Å². The third kappa shape index (κ3) is 4.26. The summed E-state index contributed by atoms with van der Waals surface area (Å²) >= 11 is 0. The van der Waals surface area contributed by atoms with Crippen LogP contribution >= 0.6 is 0 Å². The summed E-state index contributed by atoms with van der Waals surface area (Å²) in [5, 5.41) is 11.3. The summed E-state index contributed by atoms with van der Waals surface area (Å²) in [5.41, 5.74) is 1.91. The van der Waals surface area contributed by atoms with Gasteiger partial charge in [-0.15, -0.1) is 5.10 Å². The van der Waals surface area contributed by atoms with Crippen molar-refractivity contribution in [3.8, 4) is 11.4 Å². The van der Waals surface area contributed by atoms with Gasteiger partial charge in [0.1, 0.15) is 6.04 Å². The van der Waals surface area contributed by atoms with Crippen LogP contribution in [0.25, 0.3) is 27.9 Å². The Balaban J connectivity index is 1.74. The maximum absolute atomic E-state index is 12.4. The van der Waals surface area contributed by atoms with Crippen molar-refractivity contribution in [1.82, 2.24) is 24.9 Å². The van der Waals surface area contributed by atoms with Crippen LogP contribution in [0.1, 0.15) is 21.6 Å². The van der Waals surface area contributed by atoms with Gasteiger partial charge in [0.2, 0.25) is 11.9 Å². The van der Waals surface area contributed by atoms with Crippen molar-refractivity contribution < 1.29 is 14.6 Å². The Bertz CT molecular complexity index is 1420. The molecule has 9 nitrogen and oxygen atoms in total. The molecule has 0 radical (unpaired) electrons. The highest BCUT2D eigenvalue weighted by molar-refractivity contribution is 7.90. The first-order valence-corrected chi connectivity index (χ1v) is 12.0. The fraction of sp³-hybridized carbons (Fsp3) is 0.273. The molecule has 2 aromatic heterocycles. The topological polar surface area (TPSA) is 118 Å². The minimum absolute atomic E-state index is 0.205. The molecule has 4 rings (SSSR count). The van der Waals surface area contributed by atoms with Gasteiger partial charge in [0.15, 0.2) is 21.3 Å². The van der Waals surface area contributed by atoms with E-state index in [9.17, 15) is 13.2 Å². The maximum atomic E-state index is 12.4. The highest BCUT2D eigenvalue weighted by atomic mass is 32.2. The predicted octanol–water partition coefficient (Wildman–Crippen LogP) is 2.67. The molecule has 166 valence electrons. The molecule has 1 atom stereocenters. The van der Waals surface area contributed by atoms with Gasteiger partial charge in [-0.05, 0) is 49.7 Å². The lowest BCUT2D eigenvalue weighted by Crippen LogP contribution is -2.38. The lowest BCUT2D eigenvalue weighted by atomic mass is 10.2. The highest BCUT2D eigenvalue weighted by Crippen LogP contribution is 2.25. The van der Waals surface area contributed by atoms with Crippen molar-refractivity contribution in [2.24, 2.45) is 0 Å². The molecular formula is C22H24N6O3S. The Morgan fingerprint density at radius 1 is 1.16 bits per heavy atom. The number of rotatable bonds is 7. The number of carbonyl (C=O) groups is 1. The average molecular weight is 454 g/mol. The smallest absolute Gasteiger partial charge is 0.242 e. The fourth-order valence-electron chi connectivity index (χ4n) is 3.25. The molecule has 0 unspecified atom stereocenters. The molecule has 1 amide bonds. The van der Waals surface area contributed by atoms with Crippen LogP contribution in [-0.4, -0.2) is 52.7 Å². The maximum Gasteiger partial charge on any atom is 0.242 e. The summed E-state index contributed by atoms with van der Waals surface area (Å²) < 4.78 is 32.3. The number of nitrogens with one attached hydrogen (secondary N) is 2. The van der Waals surface area contributed by atoms with E-state index in [2.05, 4.69) is 25.7 Å². The van der Waals surface area contributed by atoms with Crippen LogP contribution in [0.4, 0.5) is 5.95 Å². The molecule has 0 spiro atoms. The zero-order valence-corrected chi connectivity index (χ0v) is 18.6. The van der Waals surface area contributed by atoms with E-state index in [0.717, 1.165) is 11.6 Å². The molecule has 2 aromatic carbocycles. The molecule has 4 aromatic rings. The average Bonchev–Trinajstić information content (AvgIpc) is 3.25. The summed E-state index contributed by atoms with van der Waals surface area (Å²) in [6.07, 6.45) is 1.74. The molecule has 0 bridgehead atoms. The number of nitrogens with zero attached hydrogens (tertiary/aromatic N) is 4. The van der Waals surface area contributed by atoms with Gasteiger partial charge in [-0.25, -0.2) is 18.4 Å². The van der Waals surface area contributed by atoms with Gasteiger partial charge in [0, 0.05) is 25.1 Å². The second kappa shape index (κ2) is 8.54. The summed E-state index contributed by atoms with van der Waals surface area (Å²) in [5.74, 6) is 0.561. The number of amides is 1. The minimum atomic E-state index is -3.31. The van der Waals surface area contributed by atoms with Crippen molar-refractivity contribution in [3.05, 3.63) is 48.5 Å². The summed E-state index contributed by atoms with van der Waals surface area (Å²) in [6.45, 7) is 2.41. The van der Waals surface area contributed by atoms with E-state index in [-0.39, 0.29) is 17.7 Å². The van der Waals surface area contributed by atoms with Crippen molar-refractivity contribution >= 4 is 38.2 Å². The number of fused-ring (bicyclic) bond motifs is 3. The summed E-state index contributed by atoms with van der Waals surface area (Å²) in [6, 6.07) is 13.3. The number of aromatic nitrogens is 4. The number of benzene rings is 2. The SMILES string of the molecule is [2H]CCCNC(=O)[C@H](C)Nc1nc2ccccc2c2nc(-c3ccc(S(C)(=O)=O)cc3)nn12. The highest BCUT2D eigenvalue weighted by Gasteiger charge is 2.19. The molecule has 0 saturated carbocycles. The van der Waals surface area contributed by atoms with E-state index in [0.29, 0.717) is 41.5 Å². The quantitative estimate of drug-likeness (QED) is 0.413. The van der Waals surface area contributed by atoms with Crippen LogP contribution in [0, 0.1) is 0 Å². The van der Waals surface area contributed by atoms with Crippen LogP contribution < -0.4 is 10.6 Å². The van der Waals surface area contributed by atoms with Crippen LogP contribution in [0.15, 0.2) is 53.4 Å². The molecule has 0 aliphatic heterocycles. The van der Waals surface area contributed by atoms with E-state index >= 15 is 0 Å². The Kier molecular flexibility index (Phi) is 5.44. The molecular weight excluding hydrogens is 428 g/mol. The monoisotopic (exact) mass is 453 g/mol. The zero-order valence-electron chi connectivity index (χ0n) is 18.7. The first-order valence-electron chi connectivity index (χ1n) is 10.8. The third-order valence-electron chi connectivity index (χ3n) is 4.93. The van der Waals surface area contributed by atoms with Gasteiger partial charge < -0.3 is 10.6 Å². The van der Waals surface area contributed by atoms with Gasteiger partial charge in [-0.1, -0.05) is 19.0 Å². The molecule has 0 aliphatic rings. The van der Waals surface area contributed by atoms with Crippen molar-refractivity contribution in [3.63, 3.8) is 0 Å². The van der Waals surface area contributed by atoms with Gasteiger partial charge in [-0.3, -0.25) is 4.79 Å². The van der Waals surface area contributed by atoms with Crippen LogP contribution in [0.2, 0.25) is 0 Å². The minimum Gasteiger partial charge on any atom is -0.354 e. The van der Waals surface area contributed by atoms with Crippen molar-refractivity contribution in [1.29, 1.82) is 0 Å². The van der Waals surface area contributed by atoms with E-state index in [4.69, 9.17) is 1.37 Å². The van der Waals surface area contributed by atoms with E-state index < -0.39 is 15.9 Å². The van der Waals surface area contributed by atoms with Gasteiger partial charge in [-0.2, -0.15) is 4.52 Å². The number of anilines is 1. The number of sulfone groups is 1. The molecule has 10 heteroatoms. The largest absolute Gasteiger partial charge is 0.354 e. The summed E-state index contributed by atoms with van der Waals surface area (Å²) in [4.78, 5) is 21.9. The molecule has 2 heterocycles. The Morgan fingerprint density at radius 3 is 2.62 bits per heavy atom. The Labute approximate surface area is 187 Å². The Morgan fingerprint density at radius 2 is 1.91 bits per heavy atom. The zero-order chi connectivity index (χ0) is 23.6. The van der Waals surface area contributed by atoms with Crippen molar-refractivity contribution in [2.45, 2.75) is 31.2 Å². The second-order valence-corrected chi connectivity index (χ2v) is 9.45. The second-order valence-electron chi connectivity index (χ2n) is 7.43. The normalized spacial score (nSPS) is 13.1. The number of hydrogen-bond acceptors (Lipinski definition) is 7. The third-order valence-corrected chi connectivity index (χ3v) is 6.06. The van der Waals surface area contributed by atoms with Gasteiger partial charge in [0.25, 0.3) is 0 Å². The fourth-order valence-corrected chi connectivity index (χ4v) is 3.88. The number of para-hydroxylation sites is 1. The molecule has 0 fully saturated rings. The van der Waals surface area contributed by atoms with E-state index in [1.807, 2.05) is 24.3 Å². The first-order chi connectivity index (χ1) is 15.8. The molecule has 32 heavy (non-hydrogen) atoms. The number of carbonyl (C=O) groups excluding carboxylic acids is 1. The van der Waals surface area contributed by atoms with E-state index in [1.54, 1.807) is 23.6 Å².